The van der Waals surface area contributed by atoms with Gasteiger partial charge >= 0.3 is 0 Å². The average molecular weight is 347 g/mol. The van der Waals surface area contributed by atoms with Crippen molar-refractivity contribution in [3.05, 3.63) is 77.4 Å². The Kier molecular flexibility index (Phi) is 5.43. The van der Waals surface area contributed by atoms with E-state index in [-0.39, 0.29) is 0 Å². The molecule has 0 aliphatic carbocycles. The number of ether oxygens (including phenoxy) is 1. The van der Waals surface area contributed by atoms with Crippen LogP contribution in [0.3, 0.4) is 0 Å². The van der Waals surface area contributed by atoms with E-state index < -0.39 is 0 Å². The van der Waals surface area contributed by atoms with Gasteiger partial charge in [0.05, 0.1) is 12.8 Å². The van der Waals surface area contributed by atoms with Gasteiger partial charge in [-0.2, -0.15) is 5.10 Å². The highest BCUT2D eigenvalue weighted by atomic mass is 16.5. The molecule has 0 amide bonds. The monoisotopic (exact) mass is 347 g/mol. The van der Waals surface area contributed by atoms with Crippen molar-refractivity contribution in [1.29, 1.82) is 0 Å². The number of nitrogens with zero attached hydrogens (tertiary/aromatic N) is 3. The molecule has 0 saturated heterocycles. The van der Waals surface area contributed by atoms with Gasteiger partial charge in [0.1, 0.15) is 17.4 Å². The van der Waals surface area contributed by atoms with Gasteiger partial charge in [-0.3, -0.25) is 5.10 Å². The quantitative estimate of drug-likeness (QED) is 0.528. The van der Waals surface area contributed by atoms with E-state index in [1.807, 2.05) is 55.5 Å². The van der Waals surface area contributed by atoms with Gasteiger partial charge in [-0.1, -0.05) is 24.3 Å². The molecule has 1 heterocycles. The smallest absolute Gasteiger partial charge is 0.174 e. The number of nitrogens with two attached hydrogens (primary N) is 1. The number of hydrogen-bond donors (Lipinski definition) is 2. The van der Waals surface area contributed by atoms with Crippen LogP contribution in [0.1, 0.15) is 22.8 Å². The number of aryl methyl sites for hydroxylation is 1. The molecule has 0 aliphatic heterocycles. The number of nitrogens with one attached hydrogen (secondary N) is 1. The van der Waals surface area contributed by atoms with Crippen LogP contribution in [0.2, 0.25) is 0 Å². The summed E-state index contributed by atoms with van der Waals surface area (Å²) in [7, 11) is 1.65. The second kappa shape index (κ2) is 8.11. The molecule has 132 valence electrons. The third kappa shape index (κ3) is 4.80. The van der Waals surface area contributed by atoms with Crippen molar-refractivity contribution >= 4 is 17.6 Å². The number of rotatable bonds is 6. The van der Waals surface area contributed by atoms with Crippen molar-refractivity contribution in [3.63, 3.8) is 0 Å². The fraction of sp³-hybridized carbons (Fsp3) is 0.150. The molecule has 26 heavy (non-hydrogen) atoms. The minimum atomic E-state index is 0.400. The molecule has 0 radical (unpaired) electrons. The zero-order valence-corrected chi connectivity index (χ0v) is 14.8. The molecule has 0 unspecified atom stereocenters. The summed E-state index contributed by atoms with van der Waals surface area (Å²) in [6.07, 6.45) is 4.10. The summed E-state index contributed by atoms with van der Waals surface area (Å²) in [5.41, 5.74) is 9.03. The molecule has 0 aliphatic rings. The molecule has 0 fully saturated rings. The third-order valence-corrected chi connectivity index (χ3v) is 3.74. The Bertz CT molecular complexity index is 925. The maximum absolute atomic E-state index is 5.95. The first kappa shape index (κ1) is 17.4. The van der Waals surface area contributed by atoms with Gasteiger partial charge in [-0.05, 0) is 54.5 Å². The van der Waals surface area contributed by atoms with Gasteiger partial charge in [0.25, 0.3) is 0 Å². The normalized spacial score (nSPS) is 11.8. The second-order valence-corrected chi connectivity index (χ2v) is 5.87. The van der Waals surface area contributed by atoms with E-state index in [0.717, 1.165) is 28.4 Å². The van der Waals surface area contributed by atoms with Crippen LogP contribution in [-0.4, -0.2) is 28.1 Å². The molecule has 3 rings (SSSR count). The molecule has 3 aromatic rings. The summed E-state index contributed by atoms with van der Waals surface area (Å²) >= 11 is 0. The van der Waals surface area contributed by atoms with Crippen molar-refractivity contribution in [2.45, 2.75) is 13.3 Å². The topological polar surface area (TPSA) is 89.2 Å². The van der Waals surface area contributed by atoms with Crippen molar-refractivity contribution in [3.8, 4) is 5.75 Å². The Morgan fingerprint density at radius 1 is 1.23 bits per heavy atom. The third-order valence-electron chi connectivity index (χ3n) is 3.74. The molecule has 6 heteroatoms. The van der Waals surface area contributed by atoms with Crippen LogP contribution in [0.5, 0.6) is 5.75 Å². The summed E-state index contributed by atoms with van der Waals surface area (Å²) in [5, 5.41) is 7.12. The zero-order valence-electron chi connectivity index (χ0n) is 14.8. The lowest BCUT2D eigenvalue weighted by Crippen LogP contribution is -2.06. The SMILES string of the molecule is COc1ccc(Cc2nc(/C=C\C(N)=Nc3cccc(C)c3)n[nH]2)cc1. The number of methoxy groups -OCH3 is 1. The Morgan fingerprint density at radius 3 is 2.77 bits per heavy atom. The van der Waals surface area contributed by atoms with Crippen molar-refractivity contribution in [2.75, 3.05) is 7.11 Å². The molecule has 0 saturated carbocycles. The predicted octanol–water partition coefficient (Wildman–Crippen LogP) is 3.41. The lowest BCUT2D eigenvalue weighted by molar-refractivity contribution is 0.414. The van der Waals surface area contributed by atoms with Crippen molar-refractivity contribution < 1.29 is 4.74 Å². The van der Waals surface area contributed by atoms with E-state index in [0.29, 0.717) is 18.1 Å². The zero-order chi connectivity index (χ0) is 18.4. The minimum absolute atomic E-state index is 0.400. The summed E-state index contributed by atoms with van der Waals surface area (Å²) in [5.74, 6) is 2.58. The van der Waals surface area contributed by atoms with E-state index in [1.165, 1.54) is 0 Å². The first-order chi connectivity index (χ1) is 12.6. The molecule has 6 nitrogen and oxygen atoms in total. The van der Waals surface area contributed by atoms with Crippen molar-refractivity contribution in [2.24, 2.45) is 10.7 Å². The van der Waals surface area contributed by atoms with Crippen LogP contribution in [0.4, 0.5) is 5.69 Å². The van der Waals surface area contributed by atoms with Gasteiger partial charge in [0.2, 0.25) is 0 Å². The highest BCUT2D eigenvalue weighted by Gasteiger charge is 2.03. The summed E-state index contributed by atoms with van der Waals surface area (Å²) < 4.78 is 5.16. The molecular weight excluding hydrogens is 326 g/mol. The highest BCUT2D eigenvalue weighted by Crippen LogP contribution is 2.14. The standard InChI is InChI=1S/C20H21N5O/c1-14-4-3-5-16(12-14)22-18(21)10-11-19-23-20(25-24-19)13-15-6-8-17(26-2)9-7-15/h3-12H,13H2,1-2H3,(H2,21,22)(H,23,24,25)/b11-10-. The number of amidine groups is 1. The highest BCUT2D eigenvalue weighted by molar-refractivity contribution is 5.96. The Balaban J connectivity index is 1.64. The van der Waals surface area contributed by atoms with E-state index in [9.17, 15) is 0 Å². The van der Waals surface area contributed by atoms with Crippen LogP contribution >= 0.6 is 0 Å². The van der Waals surface area contributed by atoms with Crippen molar-refractivity contribution in [1.82, 2.24) is 15.2 Å². The van der Waals surface area contributed by atoms with Gasteiger partial charge < -0.3 is 10.5 Å². The maximum atomic E-state index is 5.95. The maximum Gasteiger partial charge on any atom is 0.174 e. The van der Waals surface area contributed by atoms with Crippen LogP contribution in [0.15, 0.2) is 59.6 Å². The predicted molar refractivity (Wildman–Crippen MR) is 104 cm³/mol. The van der Waals surface area contributed by atoms with Crippen LogP contribution in [0.25, 0.3) is 6.08 Å². The number of benzene rings is 2. The second-order valence-electron chi connectivity index (χ2n) is 5.87. The number of hydrogen-bond acceptors (Lipinski definition) is 4. The fourth-order valence-electron chi connectivity index (χ4n) is 2.44. The van der Waals surface area contributed by atoms with Crippen LogP contribution < -0.4 is 10.5 Å². The molecular formula is C20H21N5O. The summed E-state index contributed by atoms with van der Waals surface area (Å²) in [6.45, 7) is 2.02. The molecule has 1 aromatic heterocycles. The lowest BCUT2D eigenvalue weighted by Gasteiger charge is -2.01. The largest absolute Gasteiger partial charge is 0.497 e. The number of H-pyrrole nitrogens is 1. The Hall–Kier alpha value is -3.41. The van der Waals surface area contributed by atoms with E-state index >= 15 is 0 Å². The summed E-state index contributed by atoms with van der Waals surface area (Å²) in [6, 6.07) is 15.7. The van der Waals surface area contributed by atoms with Gasteiger partial charge in [0.15, 0.2) is 5.82 Å². The molecule has 2 aromatic carbocycles. The number of aromatic nitrogens is 3. The molecule has 0 spiro atoms. The summed E-state index contributed by atoms with van der Waals surface area (Å²) in [4.78, 5) is 8.80. The minimum Gasteiger partial charge on any atom is -0.497 e. The molecule has 0 atom stereocenters. The van der Waals surface area contributed by atoms with E-state index in [4.69, 9.17) is 10.5 Å². The Labute approximate surface area is 152 Å². The average Bonchev–Trinajstić information content (AvgIpc) is 3.08. The first-order valence-corrected chi connectivity index (χ1v) is 8.25. The van der Waals surface area contributed by atoms with Gasteiger partial charge in [0, 0.05) is 6.42 Å². The number of aromatic amines is 1. The first-order valence-electron chi connectivity index (χ1n) is 8.25. The van der Waals surface area contributed by atoms with Gasteiger partial charge in [-0.15, -0.1) is 0 Å². The fourth-order valence-corrected chi connectivity index (χ4v) is 2.44. The molecule has 3 N–H and O–H groups in total. The molecule has 0 bridgehead atoms. The Morgan fingerprint density at radius 2 is 2.04 bits per heavy atom. The van der Waals surface area contributed by atoms with E-state index in [2.05, 4.69) is 20.2 Å². The van der Waals surface area contributed by atoms with E-state index in [1.54, 1.807) is 19.3 Å². The lowest BCUT2D eigenvalue weighted by atomic mass is 10.1. The van der Waals surface area contributed by atoms with Crippen LogP contribution in [-0.2, 0) is 6.42 Å². The van der Waals surface area contributed by atoms with Gasteiger partial charge in [-0.25, -0.2) is 9.98 Å². The number of aliphatic imine (C=N–C) groups is 1. The van der Waals surface area contributed by atoms with Crippen LogP contribution in [0, 0.1) is 6.92 Å².